The first-order valence-corrected chi connectivity index (χ1v) is 10.2. The molecule has 0 radical (unpaired) electrons. The second-order valence-corrected chi connectivity index (χ2v) is 7.88. The molecule has 1 aromatic carbocycles. The van der Waals surface area contributed by atoms with Crippen molar-refractivity contribution in [2.45, 2.75) is 26.3 Å². The molecule has 2 fully saturated rings. The quantitative estimate of drug-likeness (QED) is 0.356. The van der Waals surface area contributed by atoms with Crippen molar-refractivity contribution in [2.75, 3.05) is 64.4 Å². The van der Waals surface area contributed by atoms with Crippen LogP contribution in [0.1, 0.15) is 18.9 Å². The van der Waals surface area contributed by atoms with Crippen LogP contribution in [0.4, 0.5) is 5.69 Å². The fourth-order valence-electron chi connectivity index (χ4n) is 3.82. The normalized spacial score (nSPS) is 21.9. The Bertz CT molecular complexity index is 603. The molecule has 2 heterocycles. The van der Waals surface area contributed by atoms with E-state index in [4.69, 9.17) is 4.74 Å². The van der Waals surface area contributed by atoms with Crippen molar-refractivity contribution in [2.24, 2.45) is 10.9 Å². The first kappa shape index (κ1) is 23.2. The number of anilines is 1. The fourth-order valence-corrected chi connectivity index (χ4v) is 3.82. The van der Waals surface area contributed by atoms with Gasteiger partial charge in [0.1, 0.15) is 0 Å². The van der Waals surface area contributed by atoms with Crippen LogP contribution in [0.15, 0.2) is 29.3 Å². The Balaban J connectivity index is 0.00000280. The lowest BCUT2D eigenvalue weighted by atomic mass is 10.1. The minimum atomic E-state index is 0. The number of morpholine rings is 1. The summed E-state index contributed by atoms with van der Waals surface area (Å²) in [5.41, 5.74) is 2.62. The van der Waals surface area contributed by atoms with Gasteiger partial charge in [-0.05, 0) is 31.4 Å². The molecule has 0 aliphatic carbocycles. The highest BCUT2D eigenvalue weighted by atomic mass is 127. The summed E-state index contributed by atoms with van der Waals surface area (Å²) in [6.45, 7) is 12.4. The highest BCUT2D eigenvalue weighted by Crippen LogP contribution is 2.20. The number of guanidine groups is 1. The molecule has 0 bridgehead atoms. The van der Waals surface area contributed by atoms with Gasteiger partial charge in [-0.1, -0.05) is 24.6 Å². The van der Waals surface area contributed by atoms with Crippen molar-refractivity contribution in [1.29, 1.82) is 0 Å². The van der Waals surface area contributed by atoms with Gasteiger partial charge in [-0.15, -0.1) is 24.0 Å². The number of aliphatic imine (C=N–C) groups is 1. The molecule has 0 amide bonds. The molecule has 2 aliphatic rings. The Labute approximate surface area is 187 Å². The number of benzene rings is 1. The molecule has 0 spiro atoms. The fraction of sp³-hybridized carbons (Fsp3) is 0.667. The maximum Gasteiger partial charge on any atom is 0.191 e. The van der Waals surface area contributed by atoms with Crippen molar-refractivity contribution in [3.05, 3.63) is 29.8 Å². The molecular formula is C21H36IN5O. The SMILES string of the molecule is CN=C(NCC(C)CN1CCOCC1)NC1CCN(c2ccc(C)cc2)C1.I. The van der Waals surface area contributed by atoms with Gasteiger partial charge in [0.25, 0.3) is 0 Å². The molecule has 0 saturated carbocycles. The number of hydrogen-bond acceptors (Lipinski definition) is 4. The van der Waals surface area contributed by atoms with Crippen molar-refractivity contribution < 1.29 is 4.74 Å². The smallest absolute Gasteiger partial charge is 0.191 e. The number of nitrogens with one attached hydrogen (secondary N) is 2. The van der Waals surface area contributed by atoms with Crippen LogP contribution in [0, 0.1) is 12.8 Å². The highest BCUT2D eigenvalue weighted by Gasteiger charge is 2.23. The van der Waals surface area contributed by atoms with E-state index in [1.165, 1.54) is 11.3 Å². The predicted molar refractivity (Wildman–Crippen MR) is 128 cm³/mol. The van der Waals surface area contributed by atoms with Gasteiger partial charge in [0.15, 0.2) is 5.96 Å². The second kappa shape index (κ2) is 11.8. The number of nitrogens with zero attached hydrogens (tertiary/aromatic N) is 3. The Morgan fingerprint density at radius 3 is 2.61 bits per heavy atom. The van der Waals surface area contributed by atoms with E-state index in [1.54, 1.807) is 0 Å². The van der Waals surface area contributed by atoms with E-state index < -0.39 is 0 Å². The van der Waals surface area contributed by atoms with Crippen molar-refractivity contribution in [3.63, 3.8) is 0 Å². The molecular weight excluding hydrogens is 465 g/mol. The monoisotopic (exact) mass is 501 g/mol. The summed E-state index contributed by atoms with van der Waals surface area (Å²) >= 11 is 0. The molecule has 2 unspecified atom stereocenters. The summed E-state index contributed by atoms with van der Waals surface area (Å²) in [5, 5.41) is 7.11. The third-order valence-electron chi connectivity index (χ3n) is 5.44. The molecule has 2 atom stereocenters. The maximum absolute atomic E-state index is 5.43. The summed E-state index contributed by atoms with van der Waals surface area (Å²) in [6.07, 6.45) is 1.14. The van der Waals surface area contributed by atoms with Crippen LogP contribution in [0.25, 0.3) is 0 Å². The predicted octanol–water partition coefficient (Wildman–Crippen LogP) is 2.33. The summed E-state index contributed by atoms with van der Waals surface area (Å²) in [5.74, 6) is 1.49. The van der Waals surface area contributed by atoms with Gasteiger partial charge >= 0.3 is 0 Å². The van der Waals surface area contributed by atoms with Crippen LogP contribution in [0.2, 0.25) is 0 Å². The summed E-state index contributed by atoms with van der Waals surface area (Å²) in [6, 6.07) is 9.25. The number of aryl methyl sites for hydroxylation is 1. The Kier molecular flexibility index (Phi) is 9.81. The lowest BCUT2D eigenvalue weighted by molar-refractivity contribution is 0.0320. The van der Waals surface area contributed by atoms with Gasteiger partial charge in [0.05, 0.1) is 13.2 Å². The molecule has 2 aliphatic heterocycles. The summed E-state index contributed by atoms with van der Waals surface area (Å²) in [4.78, 5) is 9.36. The number of hydrogen-bond donors (Lipinski definition) is 2. The zero-order valence-corrected chi connectivity index (χ0v) is 19.8. The van der Waals surface area contributed by atoms with Crippen molar-refractivity contribution >= 4 is 35.6 Å². The van der Waals surface area contributed by atoms with Crippen LogP contribution in [-0.4, -0.2) is 76.4 Å². The van der Waals surface area contributed by atoms with Gasteiger partial charge in [-0.2, -0.15) is 0 Å². The molecule has 158 valence electrons. The molecule has 0 aromatic heterocycles. The molecule has 2 saturated heterocycles. The average Bonchev–Trinajstić information content (AvgIpc) is 3.15. The van der Waals surface area contributed by atoms with E-state index in [1.807, 2.05) is 7.05 Å². The van der Waals surface area contributed by atoms with Crippen LogP contribution in [0.5, 0.6) is 0 Å². The molecule has 1 aromatic rings. The minimum Gasteiger partial charge on any atom is -0.379 e. The van der Waals surface area contributed by atoms with E-state index in [2.05, 4.69) is 63.5 Å². The van der Waals surface area contributed by atoms with Crippen LogP contribution >= 0.6 is 24.0 Å². The van der Waals surface area contributed by atoms with Crippen LogP contribution in [0.3, 0.4) is 0 Å². The molecule has 2 N–H and O–H groups in total. The van der Waals surface area contributed by atoms with Gasteiger partial charge in [-0.25, -0.2) is 0 Å². The number of halogens is 1. The third kappa shape index (κ3) is 7.08. The van der Waals surface area contributed by atoms with Crippen molar-refractivity contribution in [1.82, 2.24) is 15.5 Å². The topological polar surface area (TPSA) is 52.1 Å². The standard InChI is InChI=1S/C21H35N5O.HI/c1-17-4-6-20(7-5-17)26-9-8-19(16-26)24-21(22-3)23-14-18(2)15-25-10-12-27-13-11-25;/h4-7,18-19H,8-16H2,1-3H3,(H2,22,23,24);1H. The second-order valence-electron chi connectivity index (χ2n) is 7.88. The molecule has 7 heteroatoms. The Hall–Kier alpha value is -1.06. The van der Waals surface area contributed by atoms with Gasteiger partial charge in [-0.3, -0.25) is 9.89 Å². The third-order valence-corrected chi connectivity index (χ3v) is 5.44. The highest BCUT2D eigenvalue weighted by molar-refractivity contribution is 14.0. The lowest BCUT2D eigenvalue weighted by Crippen LogP contribution is -2.47. The van der Waals surface area contributed by atoms with Gasteiger partial charge < -0.3 is 20.3 Å². The first-order valence-electron chi connectivity index (χ1n) is 10.2. The van der Waals surface area contributed by atoms with E-state index in [-0.39, 0.29) is 24.0 Å². The minimum absolute atomic E-state index is 0. The summed E-state index contributed by atoms with van der Waals surface area (Å²) < 4.78 is 5.43. The van der Waals surface area contributed by atoms with Gasteiger partial charge in [0.2, 0.25) is 0 Å². The summed E-state index contributed by atoms with van der Waals surface area (Å²) in [7, 11) is 1.86. The zero-order chi connectivity index (χ0) is 19.1. The van der Waals surface area contributed by atoms with Crippen LogP contribution < -0.4 is 15.5 Å². The molecule has 28 heavy (non-hydrogen) atoms. The number of rotatable bonds is 6. The van der Waals surface area contributed by atoms with Crippen molar-refractivity contribution in [3.8, 4) is 0 Å². The largest absolute Gasteiger partial charge is 0.379 e. The van der Waals surface area contributed by atoms with Crippen LogP contribution in [-0.2, 0) is 4.74 Å². The lowest BCUT2D eigenvalue weighted by Gasteiger charge is -2.29. The zero-order valence-electron chi connectivity index (χ0n) is 17.5. The average molecular weight is 501 g/mol. The van der Waals surface area contributed by atoms with E-state index in [0.717, 1.165) is 64.9 Å². The van der Waals surface area contributed by atoms with E-state index >= 15 is 0 Å². The van der Waals surface area contributed by atoms with E-state index in [9.17, 15) is 0 Å². The Morgan fingerprint density at radius 2 is 1.93 bits per heavy atom. The molecule has 3 rings (SSSR count). The van der Waals surface area contributed by atoms with Gasteiger partial charge in [0, 0.05) is 58.0 Å². The number of ether oxygens (including phenoxy) is 1. The Morgan fingerprint density at radius 1 is 1.21 bits per heavy atom. The first-order chi connectivity index (χ1) is 13.1. The van der Waals surface area contributed by atoms with E-state index in [0.29, 0.717) is 12.0 Å². The maximum atomic E-state index is 5.43. The molecule has 6 nitrogen and oxygen atoms in total.